The van der Waals surface area contributed by atoms with Gasteiger partial charge >= 0.3 is 0 Å². The van der Waals surface area contributed by atoms with Gasteiger partial charge in [0.1, 0.15) is 0 Å². The molecule has 1 aromatic heterocycles. The predicted molar refractivity (Wildman–Crippen MR) is 60.1 cm³/mol. The average molecular weight is 229 g/mol. The lowest BCUT2D eigenvalue weighted by molar-refractivity contribution is 0.582. The normalized spacial score (nSPS) is 13.5. The van der Waals surface area contributed by atoms with Gasteiger partial charge in [-0.2, -0.15) is 0 Å². The second-order valence-corrected chi connectivity index (χ2v) is 5.65. The minimum Gasteiger partial charge on any atom is -0.329 e. The van der Waals surface area contributed by atoms with Crippen LogP contribution in [0.25, 0.3) is 0 Å². The van der Waals surface area contributed by atoms with E-state index >= 15 is 0 Å². The molecule has 2 N–H and O–H groups in total. The molecular formula is C9H15N3O2S. The molecule has 0 aliphatic rings. The fourth-order valence-electron chi connectivity index (χ4n) is 1.09. The van der Waals surface area contributed by atoms with Crippen LogP contribution in [0.1, 0.15) is 6.92 Å². The summed E-state index contributed by atoms with van der Waals surface area (Å²) in [6.07, 6.45) is 3.10. The molecule has 1 unspecified atom stereocenters. The van der Waals surface area contributed by atoms with E-state index in [-0.39, 0.29) is 6.54 Å². The number of hydrogen-bond donors (Lipinski definition) is 1. The van der Waals surface area contributed by atoms with Crippen LogP contribution in [0.5, 0.6) is 0 Å². The van der Waals surface area contributed by atoms with E-state index < -0.39 is 15.3 Å². The molecule has 0 radical (unpaired) electrons. The van der Waals surface area contributed by atoms with Crippen LogP contribution in [0.15, 0.2) is 24.5 Å². The first-order valence-electron chi connectivity index (χ1n) is 4.58. The number of hydrogen-bond acceptors (Lipinski definition) is 4. The lowest BCUT2D eigenvalue weighted by Gasteiger charge is -2.22. The number of pyridine rings is 1. The van der Waals surface area contributed by atoms with Gasteiger partial charge in [-0.15, -0.1) is 0 Å². The highest BCUT2D eigenvalue weighted by Crippen LogP contribution is 2.16. The van der Waals surface area contributed by atoms with Gasteiger partial charge in [0.2, 0.25) is 10.0 Å². The molecule has 0 fully saturated rings. The van der Waals surface area contributed by atoms with Gasteiger partial charge in [0.05, 0.1) is 10.9 Å². The smallest absolute Gasteiger partial charge is 0.238 e. The van der Waals surface area contributed by atoms with Crippen LogP contribution in [0, 0.1) is 0 Å². The van der Waals surface area contributed by atoms with Crippen molar-refractivity contribution in [1.29, 1.82) is 0 Å². The molecule has 1 heterocycles. The van der Waals surface area contributed by atoms with Gasteiger partial charge in [0, 0.05) is 26.0 Å². The summed E-state index contributed by atoms with van der Waals surface area (Å²) < 4.78 is 25.0. The molecular weight excluding hydrogens is 214 g/mol. The quantitative estimate of drug-likeness (QED) is 0.800. The average Bonchev–Trinajstić information content (AvgIpc) is 2.28. The van der Waals surface area contributed by atoms with Crippen LogP contribution in [-0.4, -0.2) is 32.2 Å². The highest BCUT2D eigenvalue weighted by molar-refractivity contribution is 7.93. The highest BCUT2D eigenvalue weighted by Gasteiger charge is 2.24. The summed E-state index contributed by atoms with van der Waals surface area (Å²) in [4.78, 5) is 3.83. The Kier molecular flexibility index (Phi) is 3.65. The minimum absolute atomic E-state index is 0.109. The van der Waals surface area contributed by atoms with Gasteiger partial charge in [-0.05, 0) is 19.1 Å². The SMILES string of the molecule is CC(CN)S(=O)(=O)N(C)c1ccncc1. The maximum Gasteiger partial charge on any atom is 0.238 e. The topological polar surface area (TPSA) is 76.3 Å². The number of nitrogens with two attached hydrogens (primary N) is 1. The Morgan fingerprint density at radius 2 is 2.00 bits per heavy atom. The third kappa shape index (κ3) is 2.45. The van der Waals surface area contributed by atoms with Gasteiger partial charge in [-0.25, -0.2) is 8.42 Å². The van der Waals surface area contributed by atoms with Crippen molar-refractivity contribution in [2.75, 3.05) is 17.9 Å². The van der Waals surface area contributed by atoms with Gasteiger partial charge in [-0.1, -0.05) is 0 Å². The molecule has 0 aliphatic carbocycles. The summed E-state index contributed by atoms with van der Waals surface area (Å²) in [6, 6.07) is 3.28. The predicted octanol–water partition coefficient (Wildman–Crippen LogP) is 0.195. The van der Waals surface area contributed by atoms with Gasteiger partial charge < -0.3 is 5.73 Å². The zero-order valence-corrected chi connectivity index (χ0v) is 9.61. The first kappa shape index (κ1) is 11.9. The molecule has 1 aromatic rings. The number of rotatable bonds is 4. The molecule has 0 aromatic carbocycles. The molecule has 1 rings (SSSR count). The number of aromatic nitrogens is 1. The van der Waals surface area contributed by atoms with Gasteiger partial charge in [0.25, 0.3) is 0 Å². The van der Waals surface area contributed by atoms with Crippen LogP contribution in [0.2, 0.25) is 0 Å². The number of sulfonamides is 1. The summed E-state index contributed by atoms with van der Waals surface area (Å²) in [7, 11) is -1.85. The maximum absolute atomic E-state index is 11.9. The molecule has 5 nitrogen and oxygen atoms in total. The van der Waals surface area contributed by atoms with Crippen LogP contribution in [0.4, 0.5) is 5.69 Å². The molecule has 15 heavy (non-hydrogen) atoms. The second kappa shape index (κ2) is 4.59. The number of anilines is 1. The Balaban J connectivity index is 3.00. The first-order chi connectivity index (χ1) is 7.00. The van der Waals surface area contributed by atoms with Crippen molar-refractivity contribution >= 4 is 15.7 Å². The van der Waals surface area contributed by atoms with Crippen molar-refractivity contribution in [3.63, 3.8) is 0 Å². The van der Waals surface area contributed by atoms with Crippen molar-refractivity contribution < 1.29 is 8.42 Å². The fraction of sp³-hybridized carbons (Fsp3) is 0.444. The van der Waals surface area contributed by atoms with Crippen molar-refractivity contribution in [2.45, 2.75) is 12.2 Å². The largest absolute Gasteiger partial charge is 0.329 e. The van der Waals surface area contributed by atoms with Crippen molar-refractivity contribution in [2.24, 2.45) is 5.73 Å². The standard InChI is InChI=1S/C9H15N3O2S/c1-8(7-10)15(13,14)12(2)9-3-5-11-6-4-9/h3-6,8H,7,10H2,1-2H3. The zero-order chi connectivity index (χ0) is 11.5. The van der Waals surface area contributed by atoms with E-state index in [4.69, 9.17) is 5.73 Å². The lowest BCUT2D eigenvalue weighted by atomic mass is 10.4. The van der Waals surface area contributed by atoms with Crippen LogP contribution < -0.4 is 10.0 Å². The summed E-state index contributed by atoms with van der Waals surface area (Å²) in [5.41, 5.74) is 5.94. The van der Waals surface area contributed by atoms with Gasteiger partial charge in [-0.3, -0.25) is 9.29 Å². The van der Waals surface area contributed by atoms with E-state index in [1.165, 1.54) is 11.4 Å². The number of nitrogens with zero attached hydrogens (tertiary/aromatic N) is 2. The third-order valence-corrected chi connectivity index (χ3v) is 4.43. The summed E-state index contributed by atoms with van der Waals surface area (Å²) in [5.74, 6) is 0. The van der Waals surface area contributed by atoms with Crippen molar-refractivity contribution in [1.82, 2.24) is 4.98 Å². The van der Waals surface area contributed by atoms with Crippen LogP contribution in [-0.2, 0) is 10.0 Å². The van der Waals surface area contributed by atoms with E-state index in [1.807, 2.05) is 0 Å². The zero-order valence-electron chi connectivity index (χ0n) is 8.79. The first-order valence-corrected chi connectivity index (χ1v) is 6.08. The van der Waals surface area contributed by atoms with Crippen molar-refractivity contribution in [3.05, 3.63) is 24.5 Å². The molecule has 0 amide bonds. The van der Waals surface area contributed by atoms with Crippen molar-refractivity contribution in [3.8, 4) is 0 Å². The molecule has 1 atom stereocenters. The molecule has 84 valence electrons. The van der Waals surface area contributed by atoms with E-state index in [2.05, 4.69) is 4.98 Å². The monoisotopic (exact) mass is 229 g/mol. The summed E-state index contributed by atoms with van der Waals surface area (Å²) >= 11 is 0. The molecule has 0 spiro atoms. The Morgan fingerprint density at radius 3 is 2.47 bits per heavy atom. The minimum atomic E-state index is -3.36. The van der Waals surface area contributed by atoms with E-state index in [0.717, 1.165) is 0 Å². The fourth-order valence-corrected chi connectivity index (χ4v) is 2.29. The highest BCUT2D eigenvalue weighted by atomic mass is 32.2. The van der Waals surface area contributed by atoms with Crippen LogP contribution in [0.3, 0.4) is 0 Å². The molecule has 6 heteroatoms. The molecule has 0 aliphatic heterocycles. The maximum atomic E-state index is 11.9. The Morgan fingerprint density at radius 1 is 1.47 bits per heavy atom. The molecule has 0 bridgehead atoms. The Hall–Kier alpha value is -1.14. The Labute approximate surface area is 90.0 Å². The summed E-state index contributed by atoms with van der Waals surface area (Å²) in [6.45, 7) is 1.70. The second-order valence-electron chi connectivity index (χ2n) is 3.26. The lowest BCUT2D eigenvalue weighted by Crippen LogP contribution is -2.38. The van der Waals surface area contributed by atoms with Crippen LogP contribution >= 0.6 is 0 Å². The summed E-state index contributed by atoms with van der Waals surface area (Å²) in [5, 5.41) is -0.587. The Bertz CT molecular complexity index is 405. The van der Waals surface area contributed by atoms with E-state index in [1.54, 1.807) is 31.5 Å². The van der Waals surface area contributed by atoms with Gasteiger partial charge in [0.15, 0.2) is 0 Å². The third-order valence-electron chi connectivity index (χ3n) is 2.25. The molecule has 0 saturated heterocycles. The van der Waals surface area contributed by atoms with E-state index in [9.17, 15) is 8.42 Å². The molecule has 0 saturated carbocycles. The van der Waals surface area contributed by atoms with E-state index in [0.29, 0.717) is 5.69 Å².